The second kappa shape index (κ2) is 6.07. The molecule has 0 saturated carbocycles. The molecule has 0 aliphatic carbocycles. The number of rotatable bonds is 7. The van der Waals surface area contributed by atoms with E-state index >= 15 is 0 Å². The fourth-order valence-electron chi connectivity index (χ4n) is 1.52. The summed E-state index contributed by atoms with van der Waals surface area (Å²) >= 11 is 0. The van der Waals surface area contributed by atoms with Crippen molar-refractivity contribution in [3.8, 4) is 0 Å². The quantitative estimate of drug-likeness (QED) is 0.532. The number of aromatic nitrogens is 3. The van der Waals surface area contributed by atoms with Crippen molar-refractivity contribution < 1.29 is 14.6 Å². The Kier molecular flexibility index (Phi) is 4.21. The van der Waals surface area contributed by atoms with E-state index in [9.17, 15) is 15.2 Å². The van der Waals surface area contributed by atoms with Crippen LogP contribution in [0.15, 0.2) is 29.2 Å². The first-order valence-electron chi connectivity index (χ1n) is 5.60. The first-order chi connectivity index (χ1) is 9.15. The zero-order chi connectivity index (χ0) is 13.7. The zero-order valence-corrected chi connectivity index (χ0v) is 9.97. The third kappa shape index (κ3) is 3.86. The van der Waals surface area contributed by atoms with E-state index < -0.39 is 11.0 Å². The molecule has 0 saturated heterocycles. The average Bonchev–Trinajstić information content (AvgIpc) is 3.00. The highest BCUT2D eigenvalue weighted by Gasteiger charge is 2.11. The average molecular weight is 267 g/mol. The Hall–Kier alpha value is -2.26. The summed E-state index contributed by atoms with van der Waals surface area (Å²) in [5, 5.41) is 30.7. The SMILES string of the molecule is O=[N+]([O-])c1cnn(CC(O)CNCc2ccon2)c1. The standard InChI is InChI=1S/C10H13N5O4/c16-10(5-11-3-8-1-2-19-13-8)7-14-6-9(4-12-14)15(17)18/h1-2,4,6,10-11,16H,3,5,7H2. The highest BCUT2D eigenvalue weighted by molar-refractivity contribution is 5.20. The molecule has 1 atom stereocenters. The summed E-state index contributed by atoms with van der Waals surface area (Å²) in [5.74, 6) is 0. The van der Waals surface area contributed by atoms with Crippen LogP contribution < -0.4 is 5.32 Å². The van der Waals surface area contributed by atoms with Crippen molar-refractivity contribution in [1.29, 1.82) is 0 Å². The molecule has 0 amide bonds. The summed E-state index contributed by atoms with van der Waals surface area (Å²) in [6.07, 6.45) is 3.19. The first-order valence-corrected chi connectivity index (χ1v) is 5.60. The van der Waals surface area contributed by atoms with Crippen LogP contribution in [-0.2, 0) is 13.1 Å². The summed E-state index contributed by atoms with van der Waals surface area (Å²) in [6.45, 7) is 0.979. The van der Waals surface area contributed by atoms with Crippen molar-refractivity contribution in [2.24, 2.45) is 0 Å². The lowest BCUT2D eigenvalue weighted by Gasteiger charge is -2.10. The topological polar surface area (TPSA) is 119 Å². The summed E-state index contributed by atoms with van der Waals surface area (Å²) in [6, 6.07) is 1.72. The molecule has 2 rings (SSSR count). The van der Waals surface area contributed by atoms with E-state index in [4.69, 9.17) is 0 Å². The predicted octanol–water partition coefficient (Wildman–Crippen LogP) is -0.0700. The number of nitrogens with zero attached hydrogens (tertiary/aromatic N) is 4. The van der Waals surface area contributed by atoms with Gasteiger partial charge in [-0.25, -0.2) is 0 Å². The molecule has 0 aliphatic rings. The maximum absolute atomic E-state index is 10.5. The Balaban J connectivity index is 1.74. The van der Waals surface area contributed by atoms with Crippen LogP contribution in [0.5, 0.6) is 0 Å². The van der Waals surface area contributed by atoms with E-state index in [1.54, 1.807) is 6.07 Å². The molecule has 1 unspecified atom stereocenters. The normalized spacial score (nSPS) is 12.5. The molecular weight excluding hydrogens is 254 g/mol. The molecule has 2 aromatic heterocycles. The van der Waals surface area contributed by atoms with Crippen molar-refractivity contribution in [3.63, 3.8) is 0 Å². The highest BCUT2D eigenvalue weighted by Crippen LogP contribution is 2.07. The third-order valence-electron chi connectivity index (χ3n) is 2.41. The van der Waals surface area contributed by atoms with Gasteiger partial charge in [0.05, 0.1) is 23.3 Å². The van der Waals surface area contributed by atoms with Crippen LogP contribution in [-0.4, -0.2) is 37.6 Å². The van der Waals surface area contributed by atoms with Crippen LogP contribution in [0.1, 0.15) is 5.69 Å². The molecule has 2 aromatic rings. The van der Waals surface area contributed by atoms with Gasteiger partial charge in [-0.3, -0.25) is 14.8 Å². The number of nitro groups is 1. The molecule has 9 heteroatoms. The maximum atomic E-state index is 10.5. The minimum absolute atomic E-state index is 0.0947. The van der Waals surface area contributed by atoms with Crippen molar-refractivity contribution in [2.45, 2.75) is 19.2 Å². The van der Waals surface area contributed by atoms with E-state index in [1.807, 2.05) is 0 Å². The monoisotopic (exact) mass is 267 g/mol. The van der Waals surface area contributed by atoms with Gasteiger partial charge in [-0.15, -0.1) is 0 Å². The summed E-state index contributed by atoms with van der Waals surface area (Å²) < 4.78 is 6.00. The number of nitrogens with one attached hydrogen (secondary N) is 1. The van der Waals surface area contributed by atoms with Crippen LogP contribution in [0, 0.1) is 10.1 Å². The summed E-state index contributed by atoms with van der Waals surface area (Å²) in [7, 11) is 0. The smallest absolute Gasteiger partial charge is 0.306 e. The van der Waals surface area contributed by atoms with Gasteiger partial charge >= 0.3 is 5.69 Å². The Morgan fingerprint density at radius 1 is 1.63 bits per heavy atom. The number of hydrogen-bond donors (Lipinski definition) is 2. The molecule has 0 aromatic carbocycles. The van der Waals surface area contributed by atoms with Gasteiger partial charge in [0, 0.05) is 19.2 Å². The van der Waals surface area contributed by atoms with E-state index in [-0.39, 0.29) is 12.2 Å². The van der Waals surface area contributed by atoms with Gasteiger partial charge in [0.25, 0.3) is 0 Å². The second-order valence-corrected chi connectivity index (χ2v) is 3.95. The third-order valence-corrected chi connectivity index (χ3v) is 2.41. The van der Waals surface area contributed by atoms with Crippen molar-refractivity contribution in [1.82, 2.24) is 20.3 Å². The Morgan fingerprint density at radius 3 is 3.11 bits per heavy atom. The van der Waals surface area contributed by atoms with Gasteiger partial charge in [0.1, 0.15) is 18.7 Å². The summed E-state index contributed by atoms with van der Waals surface area (Å²) in [4.78, 5) is 9.94. The molecule has 0 radical (unpaired) electrons. The number of aliphatic hydroxyl groups is 1. The second-order valence-electron chi connectivity index (χ2n) is 3.95. The lowest BCUT2D eigenvalue weighted by Crippen LogP contribution is -2.30. The van der Waals surface area contributed by atoms with Crippen LogP contribution >= 0.6 is 0 Å². The van der Waals surface area contributed by atoms with E-state index in [0.717, 1.165) is 11.9 Å². The van der Waals surface area contributed by atoms with Crippen molar-refractivity contribution >= 4 is 5.69 Å². The molecule has 9 nitrogen and oxygen atoms in total. The largest absolute Gasteiger partial charge is 0.390 e. The first kappa shape index (κ1) is 13.2. The lowest BCUT2D eigenvalue weighted by atomic mass is 10.3. The molecule has 2 heterocycles. The van der Waals surface area contributed by atoms with E-state index in [0.29, 0.717) is 13.1 Å². The number of aliphatic hydroxyl groups excluding tert-OH is 1. The highest BCUT2D eigenvalue weighted by atomic mass is 16.6. The number of hydrogen-bond acceptors (Lipinski definition) is 7. The fraction of sp³-hybridized carbons (Fsp3) is 0.400. The van der Waals surface area contributed by atoms with Gasteiger partial charge in [-0.05, 0) is 0 Å². The van der Waals surface area contributed by atoms with E-state index in [2.05, 4.69) is 20.1 Å². The van der Waals surface area contributed by atoms with Crippen LogP contribution in [0.4, 0.5) is 5.69 Å². The Morgan fingerprint density at radius 2 is 2.47 bits per heavy atom. The minimum Gasteiger partial charge on any atom is -0.390 e. The van der Waals surface area contributed by atoms with Crippen LogP contribution in [0.3, 0.4) is 0 Å². The van der Waals surface area contributed by atoms with Gasteiger partial charge < -0.3 is 14.9 Å². The van der Waals surface area contributed by atoms with Gasteiger partial charge in [-0.2, -0.15) is 5.10 Å². The molecule has 0 spiro atoms. The van der Waals surface area contributed by atoms with Crippen LogP contribution in [0.2, 0.25) is 0 Å². The van der Waals surface area contributed by atoms with Crippen molar-refractivity contribution in [3.05, 3.63) is 40.5 Å². The molecule has 0 fully saturated rings. The fourth-order valence-corrected chi connectivity index (χ4v) is 1.52. The molecule has 19 heavy (non-hydrogen) atoms. The van der Waals surface area contributed by atoms with E-state index in [1.165, 1.54) is 17.1 Å². The molecule has 0 aliphatic heterocycles. The van der Waals surface area contributed by atoms with Gasteiger partial charge in [0.15, 0.2) is 0 Å². The molecule has 102 valence electrons. The predicted molar refractivity (Wildman–Crippen MR) is 63.1 cm³/mol. The van der Waals surface area contributed by atoms with Gasteiger partial charge in [0.2, 0.25) is 0 Å². The molecule has 2 N–H and O–H groups in total. The Labute approximate surface area is 108 Å². The van der Waals surface area contributed by atoms with Crippen molar-refractivity contribution in [2.75, 3.05) is 6.54 Å². The maximum Gasteiger partial charge on any atom is 0.306 e. The van der Waals surface area contributed by atoms with Crippen LogP contribution in [0.25, 0.3) is 0 Å². The Bertz CT molecular complexity index is 524. The lowest BCUT2D eigenvalue weighted by molar-refractivity contribution is -0.385. The zero-order valence-electron chi connectivity index (χ0n) is 9.97. The molecule has 0 bridgehead atoms. The minimum atomic E-state index is -0.702. The van der Waals surface area contributed by atoms with Gasteiger partial charge in [-0.1, -0.05) is 5.16 Å². The molecular formula is C10H13N5O4. The summed E-state index contributed by atoms with van der Waals surface area (Å²) in [5.41, 5.74) is 0.643.